The molecule has 162 valence electrons. The third kappa shape index (κ3) is 5.76. The van der Waals surface area contributed by atoms with Crippen LogP contribution in [0.5, 0.6) is 11.5 Å². The van der Waals surface area contributed by atoms with E-state index in [1.165, 1.54) is 19.4 Å². The minimum absolute atomic E-state index is 0.172. The monoisotopic (exact) mass is 421 g/mol. The lowest BCUT2D eigenvalue weighted by molar-refractivity contribution is 0.0995. The quantitative estimate of drug-likeness (QED) is 0.639. The van der Waals surface area contributed by atoms with Gasteiger partial charge in [0.1, 0.15) is 5.69 Å². The number of hydrogen-bond acceptors (Lipinski definition) is 7. The van der Waals surface area contributed by atoms with Gasteiger partial charge >= 0.3 is 0 Å². The molecule has 2 heterocycles. The Kier molecular flexibility index (Phi) is 7.34. The van der Waals surface area contributed by atoms with E-state index in [4.69, 9.17) is 15.2 Å². The molecular weight excluding hydrogens is 396 g/mol. The molecule has 0 spiro atoms. The molecule has 1 fully saturated rings. The van der Waals surface area contributed by atoms with Gasteiger partial charge in [0, 0.05) is 31.4 Å². The van der Waals surface area contributed by atoms with Crippen LogP contribution in [0.3, 0.4) is 0 Å². The Hall–Kier alpha value is -3.01. The van der Waals surface area contributed by atoms with Gasteiger partial charge in [-0.15, -0.1) is 0 Å². The normalized spacial score (nSPS) is 15.0. The Morgan fingerprint density at radius 1 is 1.27 bits per heavy atom. The molecule has 0 atom stereocenters. The number of amides is 1. The van der Waals surface area contributed by atoms with Gasteiger partial charge in [-0.3, -0.25) is 4.79 Å². The Morgan fingerprint density at radius 3 is 2.63 bits per heavy atom. The van der Waals surface area contributed by atoms with Crippen molar-refractivity contribution in [3.8, 4) is 11.5 Å². The molecular formula is C20H25F2N5O3. The number of carbonyl (C=O) groups excluding carboxylic acids is 1. The molecule has 1 aromatic carbocycles. The van der Waals surface area contributed by atoms with Gasteiger partial charge in [-0.05, 0) is 37.9 Å². The molecule has 30 heavy (non-hydrogen) atoms. The number of anilines is 1. The summed E-state index contributed by atoms with van der Waals surface area (Å²) in [5.41, 5.74) is 5.39. The Bertz CT molecular complexity index is 876. The molecule has 10 heteroatoms. The number of benzene rings is 1. The van der Waals surface area contributed by atoms with Crippen molar-refractivity contribution >= 4 is 11.9 Å². The van der Waals surface area contributed by atoms with Crippen LogP contribution in [0.25, 0.3) is 0 Å². The Morgan fingerprint density at radius 2 is 1.97 bits per heavy atom. The number of nitrogens with two attached hydrogens (primary N) is 1. The van der Waals surface area contributed by atoms with Gasteiger partial charge in [-0.2, -0.15) is 0 Å². The molecule has 1 aliphatic rings. The highest BCUT2D eigenvalue weighted by atomic mass is 19.2. The number of aromatic nitrogens is 2. The summed E-state index contributed by atoms with van der Waals surface area (Å²) >= 11 is 0. The second-order valence-electron chi connectivity index (χ2n) is 7.07. The van der Waals surface area contributed by atoms with Crippen LogP contribution in [0.4, 0.5) is 14.7 Å². The number of nitrogens with zero attached hydrogens (tertiary/aromatic N) is 3. The summed E-state index contributed by atoms with van der Waals surface area (Å²) in [5.74, 6) is -1.43. The van der Waals surface area contributed by atoms with E-state index in [2.05, 4.69) is 20.2 Å². The van der Waals surface area contributed by atoms with Gasteiger partial charge in [0.15, 0.2) is 23.1 Å². The van der Waals surface area contributed by atoms with Crippen LogP contribution in [0.1, 0.15) is 23.3 Å². The Labute approximate surface area is 173 Å². The molecule has 0 radical (unpaired) electrons. The van der Waals surface area contributed by atoms with Crippen LogP contribution in [0.2, 0.25) is 0 Å². The predicted octanol–water partition coefficient (Wildman–Crippen LogP) is 2.07. The van der Waals surface area contributed by atoms with E-state index in [0.717, 1.165) is 44.6 Å². The Balaban J connectivity index is 1.40. The van der Waals surface area contributed by atoms with Crippen molar-refractivity contribution in [1.29, 1.82) is 0 Å². The molecule has 1 aliphatic heterocycles. The number of carbonyl (C=O) groups is 1. The van der Waals surface area contributed by atoms with Crippen LogP contribution in [0, 0.1) is 17.6 Å². The molecule has 0 bridgehead atoms. The van der Waals surface area contributed by atoms with E-state index in [-0.39, 0.29) is 17.2 Å². The molecule has 8 nitrogen and oxygen atoms in total. The molecule has 1 aromatic heterocycles. The van der Waals surface area contributed by atoms with E-state index < -0.39 is 17.5 Å². The number of ether oxygens (including phenoxy) is 2. The molecule has 1 saturated heterocycles. The average molecular weight is 421 g/mol. The number of primary amides is 1. The van der Waals surface area contributed by atoms with Crippen molar-refractivity contribution in [3.63, 3.8) is 0 Å². The highest BCUT2D eigenvalue weighted by molar-refractivity contribution is 5.90. The zero-order valence-corrected chi connectivity index (χ0v) is 16.7. The van der Waals surface area contributed by atoms with E-state index in [9.17, 15) is 13.6 Å². The molecule has 1 amide bonds. The maximum Gasteiger partial charge on any atom is 0.267 e. The van der Waals surface area contributed by atoms with Crippen molar-refractivity contribution in [2.75, 3.05) is 45.2 Å². The van der Waals surface area contributed by atoms with Gasteiger partial charge in [-0.25, -0.2) is 18.7 Å². The maximum atomic E-state index is 13.5. The zero-order chi connectivity index (χ0) is 21.5. The van der Waals surface area contributed by atoms with Gasteiger partial charge in [0.2, 0.25) is 5.95 Å². The van der Waals surface area contributed by atoms with Crippen LogP contribution in [-0.4, -0.2) is 60.7 Å². The number of methoxy groups -OCH3 is 1. The number of likely N-dealkylation sites (tertiary alicyclic amines) is 1. The van der Waals surface area contributed by atoms with Gasteiger partial charge < -0.3 is 25.4 Å². The predicted molar refractivity (Wildman–Crippen MR) is 107 cm³/mol. The fraction of sp³-hybridized carbons (Fsp3) is 0.450. The van der Waals surface area contributed by atoms with Crippen molar-refractivity contribution < 1.29 is 23.0 Å². The molecule has 0 unspecified atom stereocenters. The SMILES string of the molecule is COc1cc(F)c(F)cc1OCC1CCN(CCNc2nccc(C(N)=O)n2)CC1. The first-order valence-corrected chi connectivity index (χ1v) is 9.71. The highest BCUT2D eigenvalue weighted by Crippen LogP contribution is 2.30. The maximum absolute atomic E-state index is 13.5. The number of halogens is 2. The lowest BCUT2D eigenvalue weighted by Gasteiger charge is -2.31. The summed E-state index contributed by atoms with van der Waals surface area (Å²) in [4.78, 5) is 21.6. The highest BCUT2D eigenvalue weighted by Gasteiger charge is 2.21. The van der Waals surface area contributed by atoms with Gasteiger partial charge in [-0.1, -0.05) is 0 Å². The van der Waals surface area contributed by atoms with E-state index >= 15 is 0 Å². The minimum Gasteiger partial charge on any atom is -0.493 e. The van der Waals surface area contributed by atoms with Crippen LogP contribution < -0.4 is 20.5 Å². The van der Waals surface area contributed by atoms with E-state index in [0.29, 0.717) is 25.0 Å². The van der Waals surface area contributed by atoms with E-state index in [1.54, 1.807) is 0 Å². The first-order valence-electron chi connectivity index (χ1n) is 9.71. The number of piperidine rings is 1. The zero-order valence-electron chi connectivity index (χ0n) is 16.7. The summed E-state index contributed by atoms with van der Waals surface area (Å²) in [6.07, 6.45) is 3.35. The number of hydrogen-bond donors (Lipinski definition) is 2. The van der Waals surface area contributed by atoms with Crippen LogP contribution in [0.15, 0.2) is 24.4 Å². The molecule has 3 rings (SSSR count). The topological polar surface area (TPSA) is 103 Å². The second-order valence-corrected chi connectivity index (χ2v) is 7.07. The number of rotatable bonds is 9. The summed E-state index contributed by atoms with van der Waals surface area (Å²) < 4.78 is 37.5. The lowest BCUT2D eigenvalue weighted by Crippen LogP contribution is -2.38. The molecule has 2 aromatic rings. The lowest BCUT2D eigenvalue weighted by atomic mass is 9.98. The fourth-order valence-corrected chi connectivity index (χ4v) is 3.27. The van der Waals surface area contributed by atoms with Crippen molar-refractivity contribution in [2.45, 2.75) is 12.8 Å². The number of nitrogens with one attached hydrogen (secondary N) is 1. The standard InChI is InChI=1S/C20H25F2N5O3/c1-29-17-10-14(21)15(22)11-18(17)30-12-13-3-7-27(8-4-13)9-6-25-20-24-5-2-16(26-20)19(23)28/h2,5,10-11,13H,3-4,6-9,12H2,1H3,(H2,23,28)(H,24,25,26). The summed E-state index contributed by atoms with van der Waals surface area (Å²) in [6.45, 7) is 3.64. The third-order valence-electron chi connectivity index (χ3n) is 5.01. The fourth-order valence-electron chi connectivity index (χ4n) is 3.27. The van der Waals surface area contributed by atoms with Crippen LogP contribution in [-0.2, 0) is 0 Å². The summed E-state index contributed by atoms with van der Waals surface area (Å²) in [5, 5.41) is 3.09. The van der Waals surface area contributed by atoms with Crippen molar-refractivity contribution in [1.82, 2.24) is 14.9 Å². The second kappa shape index (κ2) is 10.1. The average Bonchev–Trinajstić information content (AvgIpc) is 2.75. The smallest absolute Gasteiger partial charge is 0.267 e. The van der Waals surface area contributed by atoms with Crippen LogP contribution >= 0.6 is 0 Å². The van der Waals surface area contributed by atoms with Gasteiger partial charge in [0.25, 0.3) is 5.91 Å². The summed E-state index contributed by atoms with van der Waals surface area (Å²) in [7, 11) is 1.39. The van der Waals surface area contributed by atoms with Crippen molar-refractivity contribution in [2.24, 2.45) is 11.7 Å². The molecule has 3 N–H and O–H groups in total. The third-order valence-corrected chi connectivity index (χ3v) is 5.01. The van der Waals surface area contributed by atoms with Gasteiger partial charge in [0.05, 0.1) is 13.7 Å². The first kappa shape index (κ1) is 21.7. The summed E-state index contributed by atoms with van der Waals surface area (Å²) in [6, 6.07) is 3.48. The minimum atomic E-state index is -0.965. The first-order chi connectivity index (χ1) is 14.5. The largest absolute Gasteiger partial charge is 0.493 e. The molecule has 0 saturated carbocycles. The van der Waals surface area contributed by atoms with Crippen molar-refractivity contribution in [3.05, 3.63) is 41.7 Å². The molecule has 0 aliphatic carbocycles. The van der Waals surface area contributed by atoms with E-state index in [1.807, 2.05) is 0 Å².